The predicted molar refractivity (Wildman–Crippen MR) is 69.7 cm³/mol. The van der Waals surface area contributed by atoms with Gasteiger partial charge in [-0.1, -0.05) is 40.0 Å². The predicted octanol–water partition coefficient (Wildman–Crippen LogP) is 4.15. The van der Waals surface area contributed by atoms with Gasteiger partial charge in [0.05, 0.1) is 6.20 Å². The maximum Gasteiger partial charge on any atom is 0.0527 e. The third-order valence-corrected chi connectivity index (χ3v) is 3.54. The molecule has 92 valence electrons. The Hall–Kier alpha value is -0.790. The Morgan fingerprint density at radius 3 is 2.44 bits per heavy atom. The van der Waals surface area contributed by atoms with Gasteiger partial charge in [-0.05, 0) is 30.7 Å². The maximum absolute atomic E-state index is 4.41. The molecule has 0 saturated carbocycles. The summed E-state index contributed by atoms with van der Waals surface area (Å²) in [5.74, 6) is 0. The van der Waals surface area contributed by atoms with E-state index in [1.54, 1.807) is 0 Å². The molecule has 0 bridgehead atoms. The third kappa shape index (κ3) is 3.10. The number of hydrogen-bond donors (Lipinski definition) is 0. The fourth-order valence-corrected chi connectivity index (χ4v) is 2.38. The molecule has 1 aromatic heterocycles. The highest BCUT2D eigenvalue weighted by atomic mass is 15.3. The molecule has 1 aromatic rings. The van der Waals surface area contributed by atoms with E-state index in [1.165, 1.54) is 37.7 Å². The Labute approximate surface area is 100 Å². The van der Waals surface area contributed by atoms with E-state index >= 15 is 0 Å². The van der Waals surface area contributed by atoms with Crippen molar-refractivity contribution in [2.75, 3.05) is 0 Å². The minimum Gasteiger partial charge on any atom is -0.273 e. The minimum absolute atomic E-state index is 0.332. The lowest BCUT2D eigenvalue weighted by Crippen LogP contribution is -2.21. The number of rotatable bonds is 7. The quantitative estimate of drug-likeness (QED) is 0.677. The van der Waals surface area contributed by atoms with Crippen molar-refractivity contribution in [2.45, 2.75) is 71.8 Å². The molecule has 0 aliphatic rings. The van der Waals surface area contributed by atoms with E-state index in [2.05, 4.69) is 45.2 Å². The van der Waals surface area contributed by atoms with Crippen LogP contribution in [0.2, 0.25) is 0 Å². The first-order chi connectivity index (χ1) is 7.66. The molecule has 0 amide bonds. The van der Waals surface area contributed by atoms with E-state index in [0.717, 1.165) is 6.54 Å². The molecule has 2 nitrogen and oxygen atoms in total. The summed E-state index contributed by atoms with van der Waals surface area (Å²) in [5.41, 5.74) is 1.75. The van der Waals surface area contributed by atoms with Gasteiger partial charge in [0.25, 0.3) is 0 Å². The van der Waals surface area contributed by atoms with E-state index in [9.17, 15) is 0 Å². The molecule has 0 saturated heterocycles. The van der Waals surface area contributed by atoms with Crippen LogP contribution in [0.25, 0.3) is 0 Å². The highest BCUT2D eigenvalue weighted by Crippen LogP contribution is 2.33. The van der Waals surface area contributed by atoms with E-state index in [0.29, 0.717) is 5.41 Å². The molecule has 16 heavy (non-hydrogen) atoms. The molecule has 0 aliphatic heterocycles. The van der Waals surface area contributed by atoms with Gasteiger partial charge in [-0.2, -0.15) is 5.10 Å². The molecular weight excluding hydrogens is 196 g/mol. The summed E-state index contributed by atoms with van der Waals surface area (Å²) in [6.45, 7) is 10.0. The number of aromatic nitrogens is 2. The molecule has 1 unspecified atom stereocenters. The topological polar surface area (TPSA) is 17.8 Å². The molecule has 0 N–H and O–H groups in total. The van der Waals surface area contributed by atoms with Gasteiger partial charge >= 0.3 is 0 Å². The second kappa shape index (κ2) is 6.07. The molecular formula is C14H26N2. The first kappa shape index (κ1) is 13.3. The zero-order valence-electron chi connectivity index (χ0n) is 11.3. The first-order valence-corrected chi connectivity index (χ1v) is 6.69. The van der Waals surface area contributed by atoms with Gasteiger partial charge in [-0.25, -0.2) is 0 Å². The molecule has 1 heterocycles. The van der Waals surface area contributed by atoms with Crippen LogP contribution in [-0.4, -0.2) is 9.78 Å². The van der Waals surface area contributed by atoms with Crippen LogP contribution in [0.5, 0.6) is 0 Å². The molecule has 0 spiro atoms. The highest BCUT2D eigenvalue weighted by molar-refractivity contribution is 5.18. The summed E-state index contributed by atoms with van der Waals surface area (Å²) >= 11 is 0. The van der Waals surface area contributed by atoms with Crippen LogP contribution in [0.15, 0.2) is 12.4 Å². The Kier molecular flexibility index (Phi) is 5.04. The van der Waals surface area contributed by atoms with Crippen LogP contribution in [0.4, 0.5) is 0 Å². The van der Waals surface area contributed by atoms with E-state index in [4.69, 9.17) is 0 Å². The van der Waals surface area contributed by atoms with Gasteiger partial charge in [-0.15, -0.1) is 0 Å². The summed E-state index contributed by atoms with van der Waals surface area (Å²) < 4.78 is 2.04. The van der Waals surface area contributed by atoms with Crippen molar-refractivity contribution in [2.24, 2.45) is 0 Å². The highest BCUT2D eigenvalue weighted by Gasteiger charge is 2.26. The van der Waals surface area contributed by atoms with E-state index < -0.39 is 0 Å². The van der Waals surface area contributed by atoms with Gasteiger partial charge in [-0.3, -0.25) is 4.68 Å². The van der Waals surface area contributed by atoms with Gasteiger partial charge < -0.3 is 0 Å². The standard InChI is InChI=1S/C14H26N2/c1-5-8-10-14(4,9-6-2)13-11-15-16(7-3)12-13/h11-12H,5-10H2,1-4H3. The molecule has 0 aliphatic carbocycles. The smallest absolute Gasteiger partial charge is 0.0527 e. The van der Waals surface area contributed by atoms with Crippen molar-refractivity contribution in [3.63, 3.8) is 0 Å². The lowest BCUT2D eigenvalue weighted by Gasteiger charge is -2.28. The summed E-state index contributed by atoms with van der Waals surface area (Å²) in [6, 6.07) is 0. The Bertz CT molecular complexity index is 303. The fraction of sp³-hybridized carbons (Fsp3) is 0.786. The van der Waals surface area contributed by atoms with Gasteiger partial charge in [0.15, 0.2) is 0 Å². The second-order valence-corrected chi connectivity index (χ2v) is 5.00. The minimum atomic E-state index is 0.332. The van der Waals surface area contributed by atoms with E-state index in [1.807, 2.05) is 4.68 Å². The number of nitrogens with zero attached hydrogens (tertiary/aromatic N) is 2. The average Bonchev–Trinajstić information content (AvgIpc) is 2.76. The summed E-state index contributed by atoms with van der Waals surface area (Å²) in [7, 11) is 0. The normalized spacial score (nSPS) is 15.0. The monoisotopic (exact) mass is 222 g/mol. The van der Waals surface area contributed by atoms with Crippen LogP contribution in [0.3, 0.4) is 0 Å². The van der Waals surface area contributed by atoms with Crippen molar-refractivity contribution in [3.8, 4) is 0 Å². The summed E-state index contributed by atoms with van der Waals surface area (Å²) in [4.78, 5) is 0. The number of unbranched alkanes of at least 4 members (excludes halogenated alkanes) is 1. The Balaban J connectivity index is 2.82. The van der Waals surface area contributed by atoms with Crippen LogP contribution in [-0.2, 0) is 12.0 Å². The molecule has 0 radical (unpaired) electrons. The zero-order chi connectivity index (χ0) is 12.0. The summed E-state index contributed by atoms with van der Waals surface area (Å²) in [5, 5.41) is 4.41. The second-order valence-electron chi connectivity index (χ2n) is 5.00. The molecule has 0 fully saturated rings. The lowest BCUT2D eigenvalue weighted by molar-refractivity contribution is 0.382. The largest absolute Gasteiger partial charge is 0.273 e. The number of hydrogen-bond acceptors (Lipinski definition) is 1. The summed E-state index contributed by atoms with van der Waals surface area (Å²) in [6.07, 6.45) is 10.7. The van der Waals surface area contributed by atoms with Crippen molar-refractivity contribution < 1.29 is 0 Å². The van der Waals surface area contributed by atoms with Crippen molar-refractivity contribution in [3.05, 3.63) is 18.0 Å². The Morgan fingerprint density at radius 1 is 1.19 bits per heavy atom. The first-order valence-electron chi connectivity index (χ1n) is 6.69. The van der Waals surface area contributed by atoms with Gasteiger partial charge in [0.1, 0.15) is 0 Å². The van der Waals surface area contributed by atoms with Crippen LogP contribution >= 0.6 is 0 Å². The molecule has 1 rings (SSSR count). The van der Waals surface area contributed by atoms with Crippen molar-refractivity contribution >= 4 is 0 Å². The van der Waals surface area contributed by atoms with E-state index in [-0.39, 0.29) is 0 Å². The van der Waals surface area contributed by atoms with Crippen molar-refractivity contribution in [1.29, 1.82) is 0 Å². The fourth-order valence-electron chi connectivity index (χ4n) is 2.38. The average molecular weight is 222 g/mol. The Morgan fingerprint density at radius 2 is 1.94 bits per heavy atom. The van der Waals surface area contributed by atoms with Gasteiger partial charge in [0.2, 0.25) is 0 Å². The SMILES string of the molecule is CCCCC(C)(CCC)c1cnn(CC)c1. The van der Waals surface area contributed by atoms with Gasteiger partial charge in [0, 0.05) is 12.7 Å². The van der Waals surface area contributed by atoms with Crippen LogP contribution in [0, 0.1) is 0 Å². The maximum atomic E-state index is 4.41. The third-order valence-electron chi connectivity index (χ3n) is 3.54. The van der Waals surface area contributed by atoms with Crippen LogP contribution < -0.4 is 0 Å². The lowest BCUT2D eigenvalue weighted by atomic mass is 9.76. The number of aryl methyl sites for hydroxylation is 1. The van der Waals surface area contributed by atoms with Crippen molar-refractivity contribution in [1.82, 2.24) is 9.78 Å². The molecule has 2 heteroatoms. The zero-order valence-corrected chi connectivity index (χ0v) is 11.3. The molecule has 1 atom stereocenters. The molecule has 0 aromatic carbocycles. The van der Waals surface area contributed by atoms with Crippen LogP contribution in [0.1, 0.15) is 65.4 Å².